The second-order valence-electron chi connectivity index (χ2n) is 7.74. The molecule has 0 aromatic carbocycles. The molecule has 19 heavy (non-hydrogen) atoms. The Bertz CT molecular complexity index is 447. The Balaban J connectivity index is 1.72. The lowest BCUT2D eigenvalue weighted by atomic mass is 9.78. The van der Waals surface area contributed by atoms with Crippen LogP contribution in [-0.4, -0.2) is 26.8 Å². The Hall–Kier alpha value is -0.900. The minimum absolute atomic E-state index is 0.194. The third-order valence-electron chi connectivity index (χ3n) is 4.79. The average Bonchev–Trinajstić information content (AvgIpc) is 2.73. The number of fused-ring (bicyclic) bond motifs is 1. The van der Waals surface area contributed by atoms with Gasteiger partial charge in [-0.3, -0.25) is 4.68 Å². The summed E-state index contributed by atoms with van der Waals surface area (Å²) in [6, 6.07) is 0. The Labute approximate surface area is 116 Å². The van der Waals surface area contributed by atoms with Crippen molar-refractivity contribution in [3.8, 4) is 0 Å². The summed E-state index contributed by atoms with van der Waals surface area (Å²) in [6.45, 7) is 7.85. The number of hydrogen-bond donors (Lipinski definition) is 1. The lowest BCUT2D eigenvalue weighted by Gasteiger charge is -2.34. The largest absolute Gasteiger partial charge is 0.312 e. The summed E-state index contributed by atoms with van der Waals surface area (Å²) in [7, 11) is 2.00. The van der Waals surface area contributed by atoms with E-state index in [-0.39, 0.29) is 5.54 Å². The van der Waals surface area contributed by atoms with E-state index in [0.717, 1.165) is 30.6 Å². The first-order valence-corrected chi connectivity index (χ1v) is 7.45. The molecule has 1 N–H and O–H groups in total. The van der Waals surface area contributed by atoms with Crippen LogP contribution in [0.25, 0.3) is 0 Å². The monoisotopic (exact) mass is 262 g/mol. The fourth-order valence-corrected chi connectivity index (χ4v) is 3.63. The molecule has 0 bridgehead atoms. The van der Waals surface area contributed by atoms with Gasteiger partial charge in [0.05, 0.1) is 0 Å². The maximum Gasteiger partial charge on any atom is 0.138 e. The Morgan fingerprint density at radius 1 is 1.37 bits per heavy atom. The normalized spacial score (nSPS) is 33.5. The lowest BCUT2D eigenvalue weighted by Crippen LogP contribution is -2.44. The van der Waals surface area contributed by atoms with Gasteiger partial charge in [0.2, 0.25) is 0 Å². The third-order valence-corrected chi connectivity index (χ3v) is 4.79. The van der Waals surface area contributed by atoms with Crippen molar-refractivity contribution in [2.45, 2.75) is 52.0 Å². The van der Waals surface area contributed by atoms with Crippen LogP contribution in [0.5, 0.6) is 0 Å². The highest BCUT2D eigenvalue weighted by molar-refractivity contribution is 5.08. The predicted molar refractivity (Wildman–Crippen MR) is 75.7 cm³/mol. The summed E-state index contributed by atoms with van der Waals surface area (Å²) < 4.78 is 1.93. The first-order valence-electron chi connectivity index (χ1n) is 7.45. The molecule has 0 saturated heterocycles. The van der Waals surface area contributed by atoms with Crippen molar-refractivity contribution in [3.05, 3.63) is 12.2 Å². The standard InChI is InChI=1S/C15H26N4/c1-14(2,3)17-9-15(6-11-5-12(11)7-15)8-13-16-10-18-19(13)4/h10-12,17H,5-9H2,1-4H3. The molecule has 1 heterocycles. The van der Waals surface area contributed by atoms with Crippen LogP contribution in [0.3, 0.4) is 0 Å². The molecule has 0 aliphatic heterocycles. The maximum absolute atomic E-state index is 4.43. The maximum atomic E-state index is 4.43. The zero-order chi connectivity index (χ0) is 13.7. The first-order chi connectivity index (χ1) is 8.87. The van der Waals surface area contributed by atoms with Gasteiger partial charge in [-0.25, -0.2) is 4.98 Å². The van der Waals surface area contributed by atoms with Gasteiger partial charge < -0.3 is 5.32 Å². The van der Waals surface area contributed by atoms with Crippen LogP contribution >= 0.6 is 0 Å². The van der Waals surface area contributed by atoms with Gasteiger partial charge in [-0.1, -0.05) is 0 Å². The van der Waals surface area contributed by atoms with Crippen LogP contribution in [0, 0.1) is 17.3 Å². The van der Waals surface area contributed by atoms with Crippen molar-refractivity contribution in [1.82, 2.24) is 20.1 Å². The molecule has 1 aromatic rings. The van der Waals surface area contributed by atoms with Gasteiger partial charge in [0, 0.05) is 25.6 Å². The van der Waals surface area contributed by atoms with E-state index in [4.69, 9.17) is 0 Å². The number of rotatable bonds is 4. The highest BCUT2D eigenvalue weighted by Crippen LogP contribution is 2.60. The van der Waals surface area contributed by atoms with Crippen LogP contribution in [0.15, 0.2) is 6.33 Å². The second kappa shape index (κ2) is 4.30. The zero-order valence-corrected chi connectivity index (χ0v) is 12.6. The van der Waals surface area contributed by atoms with Crippen LogP contribution in [0.1, 0.15) is 45.9 Å². The molecule has 2 unspecified atom stereocenters. The quantitative estimate of drug-likeness (QED) is 0.904. The van der Waals surface area contributed by atoms with Crippen LogP contribution in [0.4, 0.5) is 0 Å². The smallest absolute Gasteiger partial charge is 0.138 e. The number of aryl methyl sites for hydroxylation is 1. The van der Waals surface area contributed by atoms with Gasteiger partial charge in [0.1, 0.15) is 12.2 Å². The highest BCUT2D eigenvalue weighted by Gasteiger charge is 2.53. The van der Waals surface area contributed by atoms with E-state index < -0.39 is 0 Å². The fourth-order valence-electron chi connectivity index (χ4n) is 3.63. The van der Waals surface area contributed by atoms with Crippen molar-refractivity contribution in [3.63, 3.8) is 0 Å². The molecule has 4 heteroatoms. The van der Waals surface area contributed by atoms with Gasteiger partial charge in [-0.2, -0.15) is 5.10 Å². The number of hydrogen-bond acceptors (Lipinski definition) is 3. The van der Waals surface area contributed by atoms with Gasteiger partial charge in [0.25, 0.3) is 0 Å². The summed E-state index contributed by atoms with van der Waals surface area (Å²) in [5.74, 6) is 3.13. The molecular formula is C15H26N4. The molecule has 0 radical (unpaired) electrons. The van der Waals surface area contributed by atoms with Crippen molar-refractivity contribution in [2.24, 2.45) is 24.3 Å². The summed E-state index contributed by atoms with van der Waals surface area (Å²) in [6.07, 6.45) is 6.95. The van der Waals surface area contributed by atoms with Gasteiger partial charge in [-0.15, -0.1) is 0 Å². The molecule has 2 aliphatic carbocycles. The molecule has 3 rings (SSSR count). The average molecular weight is 262 g/mol. The molecule has 2 saturated carbocycles. The zero-order valence-electron chi connectivity index (χ0n) is 12.6. The minimum Gasteiger partial charge on any atom is -0.312 e. The van der Waals surface area contributed by atoms with E-state index in [1.54, 1.807) is 6.33 Å². The van der Waals surface area contributed by atoms with Crippen molar-refractivity contribution < 1.29 is 0 Å². The molecule has 4 nitrogen and oxygen atoms in total. The number of nitrogens with one attached hydrogen (secondary N) is 1. The molecule has 2 atom stereocenters. The van der Waals surface area contributed by atoms with E-state index >= 15 is 0 Å². The Morgan fingerprint density at radius 2 is 2.05 bits per heavy atom. The summed E-state index contributed by atoms with van der Waals surface area (Å²) in [5.41, 5.74) is 0.599. The molecule has 2 fully saturated rings. The molecule has 106 valence electrons. The first kappa shape index (κ1) is 13.1. The fraction of sp³-hybridized carbons (Fsp3) is 0.867. The van der Waals surface area contributed by atoms with Crippen molar-refractivity contribution in [2.75, 3.05) is 6.54 Å². The van der Waals surface area contributed by atoms with Gasteiger partial charge in [-0.05, 0) is 57.3 Å². The Kier molecular flexibility index (Phi) is 2.97. The SMILES string of the molecule is Cn1ncnc1CC1(CNC(C)(C)C)CC2CC2C1. The molecule has 1 aromatic heterocycles. The van der Waals surface area contributed by atoms with Gasteiger partial charge in [0.15, 0.2) is 0 Å². The van der Waals surface area contributed by atoms with E-state index in [0.29, 0.717) is 5.41 Å². The molecular weight excluding hydrogens is 236 g/mol. The van der Waals surface area contributed by atoms with Crippen molar-refractivity contribution in [1.29, 1.82) is 0 Å². The molecule has 2 aliphatic rings. The summed E-state index contributed by atoms with van der Waals surface area (Å²) in [4.78, 5) is 4.43. The van der Waals surface area contributed by atoms with Crippen molar-refractivity contribution >= 4 is 0 Å². The van der Waals surface area contributed by atoms with E-state index in [9.17, 15) is 0 Å². The third kappa shape index (κ3) is 2.83. The predicted octanol–water partition coefficient (Wildman–Crippen LogP) is 2.16. The van der Waals surface area contributed by atoms with E-state index in [1.165, 1.54) is 19.3 Å². The van der Waals surface area contributed by atoms with Crippen LogP contribution < -0.4 is 5.32 Å². The second-order valence-corrected chi connectivity index (χ2v) is 7.74. The van der Waals surface area contributed by atoms with Gasteiger partial charge >= 0.3 is 0 Å². The summed E-state index contributed by atoms with van der Waals surface area (Å²) in [5, 5.41) is 7.93. The van der Waals surface area contributed by atoms with E-state index in [1.807, 2.05) is 11.7 Å². The minimum atomic E-state index is 0.194. The molecule has 0 spiro atoms. The van der Waals surface area contributed by atoms with Crippen LogP contribution in [-0.2, 0) is 13.5 Å². The van der Waals surface area contributed by atoms with Crippen LogP contribution in [0.2, 0.25) is 0 Å². The number of nitrogens with zero attached hydrogens (tertiary/aromatic N) is 3. The van der Waals surface area contributed by atoms with E-state index in [2.05, 4.69) is 36.2 Å². The lowest BCUT2D eigenvalue weighted by molar-refractivity contribution is 0.216. The molecule has 0 amide bonds. The number of aromatic nitrogens is 3. The highest BCUT2D eigenvalue weighted by atomic mass is 15.3. The Morgan fingerprint density at radius 3 is 2.58 bits per heavy atom. The topological polar surface area (TPSA) is 42.7 Å². The summed E-state index contributed by atoms with van der Waals surface area (Å²) >= 11 is 0.